The number of carbonyl (C=O) groups excluding carboxylic acids is 1. The molecule has 160 valence electrons. The Hall–Kier alpha value is -3.68. The number of anilines is 4. The Morgan fingerprint density at radius 1 is 1.06 bits per heavy atom. The van der Waals surface area contributed by atoms with E-state index in [1.165, 1.54) is 25.0 Å². The van der Waals surface area contributed by atoms with Crippen molar-refractivity contribution in [2.45, 2.75) is 19.8 Å². The predicted molar refractivity (Wildman–Crippen MR) is 118 cm³/mol. The SMILES string of the molecule is Cc1cc(Nc2ccc(NC(=O)COc3ccccc3F)cc2)nc(N2CCCC2)n1. The molecule has 4 rings (SSSR count). The molecule has 3 aromatic rings. The summed E-state index contributed by atoms with van der Waals surface area (Å²) >= 11 is 0. The molecule has 2 N–H and O–H groups in total. The van der Waals surface area contributed by atoms with Crippen molar-refractivity contribution in [1.82, 2.24) is 9.97 Å². The third-order valence-corrected chi connectivity index (χ3v) is 4.87. The Labute approximate surface area is 180 Å². The van der Waals surface area contributed by atoms with E-state index in [1.54, 1.807) is 24.3 Å². The number of halogens is 1. The Kier molecular flexibility index (Phi) is 6.26. The van der Waals surface area contributed by atoms with Crippen molar-refractivity contribution in [1.29, 1.82) is 0 Å². The van der Waals surface area contributed by atoms with Gasteiger partial charge in [-0.3, -0.25) is 4.79 Å². The van der Waals surface area contributed by atoms with Crippen molar-refractivity contribution in [3.63, 3.8) is 0 Å². The van der Waals surface area contributed by atoms with Crippen LogP contribution in [0, 0.1) is 12.7 Å². The van der Waals surface area contributed by atoms with Crippen molar-refractivity contribution in [2.24, 2.45) is 0 Å². The van der Waals surface area contributed by atoms with E-state index in [0.29, 0.717) is 5.69 Å². The average molecular weight is 421 g/mol. The maximum Gasteiger partial charge on any atom is 0.262 e. The first kappa shape index (κ1) is 20.6. The monoisotopic (exact) mass is 421 g/mol. The topological polar surface area (TPSA) is 79.4 Å². The van der Waals surface area contributed by atoms with Gasteiger partial charge in [-0.25, -0.2) is 9.37 Å². The molecule has 0 aliphatic carbocycles. The van der Waals surface area contributed by atoms with Gasteiger partial charge in [0.25, 0.3) is 5.91 Å². The normalized spacial score (nSPS) is 13.2. The zero-order valence-corrected chi connectivity index (χ0v) is 17.3. The Morgan fingerprint density at radius 2 is 1.77 bits per heavy atom. The molecule has 0 atom stereocenters. The second-order valence-electron chi connectivity index (χ2n) is 7.36. The van der Waals surface area contributed by atoms with E-state index in [1.807, 2.05) is 25.1 Å². The Balaban J connectivity index is 1.34. The molecule has 8 heteroatoms. The zero-order chi connectivity index (χ0) is 21.6. The van der Waals surface area contributed by atoms with E-state index >= 15 is 0 Å². The molecule has 2 heterocycles. The van der Waals surface area contributed by atoms with Gasteiger partial charge in [-0.15, -0.1) is 0 Å². The van der Waals surface area contributed by atoms with Crippen molar-refractivity contribution in [3.05, 3.63) is 66.1 Å². The van der Waals surface area contributed by atoms with Gasteiger partial charge in [0.15, 0.2) is 18.2 Å². The molecule has 0 spiro atoms. The third kappa shape index (κ3) is 5.48. The largest absolute Gasteiger partial charge is 0.481 e. The summed E-state index contributed by atoms with van der Waals surface area (Å²) in [5, 5.41) is 6.02. The van der Waals surface area contributed by atoms with Crippen LogP contribution in [-0.4, -0.2) is 35.6 Å². The highest BCUT2D eigenvalue weighted by atomic mass is 19.1. The number of hydrogen-bond donors (Lipinski definition) is 2. The van der Waals surface area contributed by atoms with Crippen LogP contribution in [0.3, 0.4) is 0 Å². The maximum absolute atomic E-state index is 13.6. The predicted octanol–water partition coefficient (Wildman–Crippen LogP) is 4.29. The Bertz CT molecular complexity index is 1050. The van der Waals surface area contributed by atoms with Crippen LogP contribution in [0.1, 0.15) is 18.5 Å². The van der Waals surface area contributed by atoms with Gasteiger partial charge in [0.2, 0.25) is 5.95 Å². The van der Waals surface area contributed by atoms with Gasteiger partial charge in [0.1, 0.15) is 5.82 Å². The third-order valence-electron chi connectivity index (χ3n) is 4.87. The number of hydrogen-bond acceptors (Lipinski definition) is 6. The number of para-hydroxylation sites is 1. The molecule has 1 amide bonds. The molecule has 1 aromatic heterocycles. The molecule has 7 nitrogen and oxygen atoms in total. The second kappa shape index (κ2) is 9.42. The first-order valence-corrected chi connectivity index (χ1v) is 10.2. The van der Waals surface area contributed by atoms with Gasteiger partial charge in [0.05, 0.1) is 0 Å². The fourth-order valence-electron chi connectivity index (χ4n) is 3.36. The lowest BCUT2D eigenvalue weighted by Gasteiger charge is -2.17. The number of aromatic nitrogens is 2. The van der Waals surface area contributed by atoms with Crippen molar-refractivity contribution < 1.29 is 13.9 Å². The Morgan fingerprint density at radius 3 is 2.52 bits per heavy atom. The molecule has 31 heavy (non-hydrogen) atoms. The van der Waals surface area contributed by atoms with Crippen molar-refractivity contribution in [3.8, 4) is 5.75 Å². The van der Waals surface area contributed by atoms with Crippen LogP contribution in [0.15, 0.2) is 54.6 Å². The van der Waals surface area contributed by atoms with E-state index in [-0.39, 0.29) is 18.3 Å². The molecule has 2 aromatic carbocycles. The van der Waals surface area contributed by atoms with E-state index in [2.05, 4.69) is 25.5 Å². The van der Waals surface area contributed by atoms with Gasteiger partial charge >= 0.3 is 0 Å². The molecule has 0 radical (unpaired) electrons. The summed E-state index contributed by atoms with van der Waals surface area (Å²) in [5.74, 6) is 0.651. The van der Waals surface area contributed by atoms with E-state index < -0.39 is 5.82 Å². The minimum absolute atomic E-state index is 0.0469. The number of ether oxygens (including phenoxy) is 1. The summed E-state index contributed by atoms with van der Waals surface area (Å²) in [7, 11) is 0. The number of aryl methyl sites for hydroxylation is 1. The van der Waals surface area contributed by atoms with Crippen LogP contribution in [0.5, 0.6) is 5.75 Å². The minimum atomic E-state index is -0.501. The van der Waals surface area contributed by atoms with E-state index in [9.17, 15) is 9.18 Å². The summed E-state index contributed by atoms with van der Waals surface area (Å²) in [5.41, 5.74) is 2.36. The fraction of sp³-hybridized carbons (Fsp3) is 0.261. The molecular weight excluding hydrogens is 397 g/mol. The number of amides is 1. The molecule has 1 fully saturated rings. The highest BCUT2D eigenvalue weighted by Gasteiger charge is 2.16. The lowest BCUT2D eigenvalue weighted by atomic mass is 10.2. The van der Waals surface area contributed by atoms with Gasteiger partial charge < -0.3 is 20.3 Å². The zero-order valence-electron chi connectivity index (χ0n) is 17.3. The second-order valence-corrected chi connectivity index (χ2v) is 7.36. The van der Waals surface area contributed by atoms with Gasteiger partial charge in [-0.05, 0) is 56.2 Å². The molecular formula is C23H24FN5O2. The standard InChI is InChI=1S/C23H24FN5O2/c1-16-14-21(28-23(25-16)29-12-4-5-13-29)26-17-8-10-18(11-9-17)27-22(30)15-31-20-7-3-2-6-19(20)24/h2-3,6-11,14H,4-5,12-13,15H2,1H3,(H,27,30)(H,25,26,28). The number of rotatable bonds is 7. The van der Waals surface area contributed by atoms with Crippen molar-refractivity contribution >= 4 is 29.0 Å². The quantitative estimate of drug-likeness (QED) is 0.593. The summed E-state index contributed by atoms with van der Waals surface area (Å²) in [4.78, 5) is 23.4. The fourth-order valence-corrected chi connectivity index (χ4v) is 3.36. The summed E-state index contributed by atoms with van der Waals surface area (Å²) in [6, 6.07) is 15.1. The van der Waals surface area contributed by atoms with E-state index in [4.69, 9.17) is 4.74 Å². The van der Waals surface area contributed by atoms with Crippen LogP contribution >= 0.6 is 0 Å². The molecule has 0 bridgehead atoms. The van der Waals surface area contributed by atoms with Crippen LogP contribution in [0.25, 0.3) is 0 Å². The lowest BCUT2D eigenvalue weighted by molar-refractivity contribution is -0.118. The number of benzene rings is 2. The first-order valence-electron chi connectivity index (χ1n) is 10.2. The first-order chi connectivity index (χ1) is 15.1. The van der Waals surface area contributed by atoms with Gasteiger partial charge in [-0.2, -0.15) is 4.98 Å². The highest BCUT2D eigenvalue weighted by molar-refractivity contribution is 5.92. The number of nitrogens with zero attached hydrogens (tertiary/aromatic N) is 3. The van der Waals surface area contributed by atoms with Gasteiger partial charge in [0, 0.05) is 36.2 Å². The van der Waals surface area contributed by atoms with Crippen LogP contribution in [0.4, 0.5) is 27.5 Å². The van der Waals surface area contributed by atoms with Crippen LogP contribution in [-0.2, 0) is 4.79 Å². The summed E-state index contributed by atoms with van der Waals surface area (Å²) < 4.78 is 18.8. The number of carbonyl (C=O) groups is 1. The van der Waals surface area contributed by atoms with Gasteiger partial charge in [-0.1, -0.05) is 12.1 Å². The van der Waals surface area contributed by atoms with Crippen molar-refractivity contribution in [2.75, 3.05) is 35.2 Å². The van der Waals surface area contributed by atoms with E-state index in [0.717, 1.165) is 36.2 Å². The molecule has 1 aliphatic rings. The molecule has 1 aliphatic heterocycles. The highest BCUT2D eigenvalue weighted by Crippen LogP contribution is 2.22. The summed E-state index contributed by atoms with van der Waals surface area (Å²) in [6.45, 7) is 3.64. The molecule has 0 unspecified atom stereocenters. The molecule has 1 saturated heterocycles. The number of nitrogens with one attached hydrogen (secondary N) is 2. The minimum Gasteiger partial charge on any atom is -0.481 e. The van der Waals surface area contributed by atoms with Crippen LogP contribution in [0.2, 0.25) is 0 Å². The maximum atomic E-state index is 13.6. The summed E-state index contributed by atoms with van der Waals surface area (Å²) in [6.07, 6.45) is 2.33. The molecule has 0 saturated carbocycles. The van der Waals surface area contributed by atoms with Crippen LogP contribution < -0.4 is 20.3 Å². The smallest absolute Gasteiger partial charge is 0.262 e. The average Bonchev–Trinajstić information content (AvgIpc) is 3.29. The lowest BCUT2D eigenvalue weighted by Crippen LogP contribution is -2.21.